The molecule has 0 amide bonds. The maximum atomic E-state index is 10.4. The summed E-state index contributed by atoms with van der Waals surface area (Å²) < 4.78 is 36.2. The Morgan fingerprint density at radius 2 is 1.81 bits per heavy atom. The molecule has 3 aromatic rings. The summed E-state index contributed by atoms with van der Waals surface area (Å²) in [5.74, 6) is 1.11. The van der Waals surface area contributed by atoms with E-state index in [0.717, 1.165) is 22.9 Å². The van der Waals surface area contributed by atoms with Gasteiger partial charge in [-0.15, -0.1) is 0 Å². The molecule has 1 heterocycles. The Hall–Kier alpha value is -1.12. The van der Waals surface area contributed by atoms with Crippen LogP contribution in [0, 0.1) is 6.92 Å². The average Bonchev–Trinajstić information content (AvgIpc) is 2.91. The molecule has 0 fully saturated rings. The molecule has 0 bridgehead atoms. The van der Waals surface area contributed by atoms with Crippen molar-refractivity contribution < 1.29 is 17.5 Å². The molecule has 0 aliphatic carbocycles. The summed E-state index contributed by atoms with van der Waals surface area (Å²) in [7, 11) is -4.27. The highest BCUT2D eigenvalue weighted by atomic mass is 35.5. The van der Waals surface area contributed by atoms with Crippen molar-refractivity contribution in [3.05, 3.63) is 53.1 Å². The zero-order valence-electron chi connectivity index (χ0n) is 14.7. The van der Waals surface area contributed by atoms with Crippen LogP contribution in [0.25, 0.3) is 10.2 Å². The van der Waals surface area contributed by atoms with E-state index in [0.29, 0.717) is 0 Å². The van der Waals surface area contributed by atoms with Crippen LogP contribution in [0.5, 0.6) is 0 Å². The van der Waals surface area contributed by atoms with Gasteiger partial charge in [0.15, 0.2) is 0 Å². The molecule has 0 atom stereocenters. The zero-order valence-corrected chi connectivity index (χ0v) is 17.9. The molecule has 0 N–H and O–H groups in total. The summed E-state index contributed by atoms with van der Waals surface area (Å²) in [4.78, 5) is -0.178. The van der Waals surface area contributed by atoms with Gasteiger partial charge in [-0.1, -0.05) is 47.6 Å². The molecule has 2 aromatic carbocycles. The first-order chi connectivity index (χ1) is 12.3. The summed E-state index contributed by atoms with van der Waals surface area (Å²) in [6.07, 6.45) is 0. The number of aromatic nitrogens is 1. The number of nitrogens with zero attached hydrogens (tertiary/aromatic N) is 1. The second-order valence-electron chi connectivity index (χ2n) is 5.42. The first kappa shape index (κ1) is 21.2. The van der Waals surface area contributed by atoms with Gasteiger partial charge in [0.25, 0.3) is 4.34 Å². The van der Waals surface area contributed by atoms with Gasteiger partial charge >= 0.3 is 0 Å². The van der Waals surface area contributed by atoms with Gasteiger partial charge in [-0.2, -0.15) is 4.57 Å². The van der Waals surface area contributed by atoms with Gasteiger partial charge in [0.05, 0.1) is 4.90 Å². The predicted octanol–water partition coefficient (Wildman–Crippen LogP) is 4.87. The summed E-state index contributed by atoms with van der Waals surface area (Å²) in [5, 5.41) is 0.815. The monoisotopic (exact) mass is 429 g/mol. The van der Waals surface area contributed by atoms with Crippen LogP contribution in [0.1, 0.15) is 19.4 Å². The largest absolute Gasteiger partial charge is 0.744 e. The second-order valence-corrected chi connectivity index (χ2v) is 9.78. The van der Waals surface area contributed by atoms with E-state index in [9.17, 15) is 13.0 Å². The third-order valence-corrected chi connectivity index (χ3v) is 6.93. The van der Waals surface area contributed by atoms with E-state index < -0.39 is 10.1 Å². The number of rotatable bonds is 4. The van der Waals surface area contributed by atoms with E-state index in [-0.39, 0.29) is 4.90 Å². The lowest BCUT2D eigenvalue weighted by Crippen LogP contribution is -2.32. The minimum Gasteiger partial charge on any atom is -0.744 e. The van der Waals surface area contributed by atoms with E-state index >= 15 is 0 Å². The molecule has 26 heavy (non-hydrogen) atoms. The van der Waals surface area contributed by atoms with Gasteiger partial charge in [-0.05, 0) is 49.9 Å². The topological polar surface area (TPSA) is 61.1 Å². The van der Waals surface area contributed by atoms with Gasteiger partial charge in [0.2, 0.25) is 5.52 Å². The normalized spacial score (nSPS) is 11.3. The van der Waals surface area contributed by atoms with Gasteiger partial charge in [0, 0.05) is 16.8 Å². The summed E-state index contributed by atoms with van der Waals surface area (Å²) in [6.45, 7) is 7.18. The summed E-state index contributed by atoms with van der Waals surface area (Å²) in [5.41, 5.74) is 2.18. The molecule has 1 aromatic heterocycles. The van der Waals surface area contributed by atoms with Gasteiger partial charge in [-0.25, -0.2) is 8.42 Å². The van der Waals surface area contributed by atoms with Crippen molar-refractivity contribution in [1.29, 1.82) is 0 Å². The van der Waals surface area contributed by atoms with Crippen molar-refractivity contribution in [2.75, 3.05) is 5.75 Å². The number of thioether (sulfide) groups is 1. The van der Waals surface area contributed by atoms with Crippen LogP contribution < -0.4 is 4.57 Å². The standard InChI is InChI=1S/C11H13ClNS2.C7H8O3S/c1-3-13-9-7-8(12)5-6-10(9)15-11(13)14-4-2;1-6-2-4-7(5-3-6)11(8,9)10/h5-7H,3-4H2,1-2H3;2-5H,1H3,(H,8,9,10)/q+1;/p-1. The molecule has 0 radical (unpaired) electrons. The molecular weight excluding hydrogens is 410 g/mol. The Morgan fingerprint density at radius 3 is 2.35 bits per heavy atom. The maximum Gasteiger partial charge on any atom is 0.298 e. The molecule has 0 aliphatic rings. The Morgan fingerprint density at radius 1 is 1.15 bits per heavy atom. The Balaban J connectivity index is 0.000000197. The average molecular weight is 430 g/mol. The van der Waals surface area contributed by atoms with Gasteiger partial charge in [-0.3, -0.25) is 0 Å². The molecule has 140 valence electrons. The van der Waals surface area contributed by atoms with E-state index in [1.54, 1.807) is 12.1 Å². The quantitative estimate of drug-likeness (QED) is 0.337. The maximum absolute atomic E-state index is 10.4. The van der Waals surface area contributed by atoms with Crippen LogP contribution in [-0.2, 0) is 16.7 Å². The fraction of sp³-hybridized carbons (Fsp3) is 0.278. The Labute approximate surface area is 167 Å². The number of aryl methyl sites for hydroxylation is 2. The van der Waals surface area contributed by atoms with Crippen LogP contribution in [0.4, 0.5) is 0 Å². The minimum atomic E-state index is -4.27. The Bertz CT molecular complexity index is 983. The Kier molecular flexibility index (Phi) is 7.49. The molecule has 0 saturated carbocycles. The van der Waals surface area contributed by atoms with E-state index in [1.165, 1.54) is 26.7 Å². The van der Waals surface area contributed by atoms with E-state index in [2.05, 4.69) is 30.5 Å². The third-order valence-electron chi connectivity index (χ3n) is 3.52. The molecule has 0 saturated heterocycles. The van der Waals surface area contributed by atoms with Crippen LogP contribution in [0.15, 0.2) is 51.7 Å². The van der Waals surface area contributed by atoms with Gasteiger partial charge < -0.3 is 4.55 Å². The molecule has 4 nitrogen and oxygen atoms in total. The summed E-state index contributed by atoms with van der Waals surface area (Å²) >= 11 is 9.76. The van der Waals surface area contributed by atoms with Crippen molar-refractivity contribution in [2.24, 2.45) is 0 Å². The second kappa shape index (κ2) is 9.19. The van der Waals surface area contributed by atoms with Crippen molar-refractivity contribution in [3.63, 3.8) is 0 Å². The van der Waals surface area contributed by atoms with Crippen molar-refractivity contribution in [1.82, 2.24) is 0 Å². The SMILES string of the molecule is CCSc1sc2ccc(Cl)cc2[n+]1CC.Cc1ccc(S(=O)(=O)[O-])cc1. The molecule has 0 unspecified atom stereocenters. The molecule has 3 rings (SSSR count). The lowest BCUT2D eigenvalue weighted by molar-refractivity contribution is -0.698. The highest BCUT2D eigenvalue weighted by molar-refractivity contribution is 8.00. The van der Waals surface area contributed by atoms with Crippen molar-refractivity contribution in [2.45, 2.75) is 36.6 Å². The smallest absolute Gasteiger partial charge is 0.298 e. The minimum absolute atomic E-state index is 0.178. The zero-order chi connectivity index (χ0) is 19.3. The lowest BCUT2D eigenvalue weighted by Gasteiger charge is -2.05. The first-order valence-electron chi connectivity index (χ1n) is 8.03. The number of halogens is 1. The van der Waals surface area contributed by atoms with Crippen LogP contribution in [0.2, 0.25) is 5.02 Å². The highest BCUT2D eigenvalue weighted by Crippen LogP contribution is 2.29. The number of benzene rings is 2. The molecule has 8 heteroatoms. The third kappa shape index (κ3) is 5.44. The van der Waals surface area contributed by atoms with E-state index in [1.807, 2.05) is 36.1 Å². The van der Waals surface area contributed by atoms with Crippen LogP contribution >= 0.6 is 34.7 Å². The summed E-state index contributed by atoms with van der Waals surface area (Å²) in [6, 6.07) is 11.9. The molecular formula is C18H20ClNO3S3. The first-order valence-corrected chi connectivity index (χ1v) is 11.6. The highest BCUT2D eigenvalue weighted by Gasteiger charge is 2.18. The predicted molar refractivity (Wildman–Crippen MR) is 108 cm³/mol. The van der Waals surface area contributed by atoms with Crippen LogP contribution in [0.3, 0.4) is 0 Å². The molecule has 0 aliphatic heterocycles. The number of thiazole rings is 1. The lowest BCUT2D eigenvalue weighted by atomic mass is 10.2. The number of fused-ring (bicyclic) bond motifs is 1. The van der Waals surface area contributed by atoms with Crippen molar-refractivity contribution >= 4 is 55.0 Å². The van der Waals surface area contributed by atoms with E-state index in [4.69, 9.17) is 11.6 Å². The van der Waals surface area contributed by atoms with Gasteiger partial charge in [0.1, 0.15) is 21.4 Å². The number of hydrogen-bond acceptors (Lipinski definition) is 5. The fourth-order valence-electron chi connectivity index (χ4n) is 2.27. The van der Waals surface area contributed by atoms with Crippen molar-refractivity contribution in [3.8, 4) is 0 Å². The van der Waals surface area contributed by atoms with Crippen LogP contribution in [-0.4, -0.2) is 18.7 Å². The fourth-order valence-corrected chi connectivity index (χ4v) is 5.33. The molecule has 0 spiro atoms. The number of hydrogen-bond donors (Lipinski definition) is 0.